The van der Waals surface area contributed by atoms with Crippen LogP contribution in [0.25, 0.3) is 0 Å². The molecular formula is C15H27N5O. The maximum absolute atomic E-state index is 11.6. The average molecular weight is 293 g/mol. The zero-order valence-electron chi connectivity index (χ0n) is 13.3. The molecule has 0 unspecified atom stereocenters. The highest BCUT2D eigenvalue weighted by Crippen LogP contribution is 2.19. The first kappa shape index (κ1) is 17.2. The van der Waals surface area contributed by atoms with Gasteiger partial charge >= 0.3 is 0 Å². The van der Waals surface area contributed by atoms with Crippen molar-refractivity contribution in [2.75, 3.05) is 43.4 Å². The maximum atomic E-state index is 11.6. The Morgan fingerprint density at radius 2 is 1.86 bits per heavy atom. The van der Waals surface area contributed by atoms with Crippen LogP contribution in [0.2, 0.25) is 0 Å². The molecule has 0 spiro atoms. The van der Waals surface area contributed by atoms with Crippen LogP contribution in [0, 0.1) is 0 Å². The molecule has 0 fully saturated rings. The highest BCUT2D eigenvalue weighted by molar-refractivity contribution is 5.98. The smallest absolute Gasteiger partial charge is 0.252 e. The fourth-order valence-electron chi connectivity index (χ4n) is 2.35. The Morgan fingerprint density at radius 3 is 2.38 bits per heavy atom. The molecule has 0 atom stereocenters. The summed E-state index contributed by atoms with van der Waals surface area (Å²) < 4.78 is 0. The van der Waals surface area contributed by atoms with Crippen molar-refractivity contribution in [2.45, 2.75) is 27.2 Å². The zero-order valence-corrected chi connectivity index (χ0v) is 13.3. The number of pyridine rings is 1. The predicted molar refractivity (Wildman–Crippen MR) is 87.5 cm³/mol. The quantitative estimate of drug-likeness (QED) is 0.717. The number of hydrogen-bond acceptors (Lipinski definition) is 5. The van der Waals surface area contributed by atoms with Crippen LogP contribution in [-0.4, -0.2) is 48.5 Å². The van der Waals surface area contributed by atoms with Crippen LogP contribution < -0.4 is 16.4 Å². The molecule has 6 nitrogen and oxygen atoms in total. The van der Waals surface area contributed by atoms with Gasteiger partial charge in [-0.1, -0.05) is 13.8 Å². The second-order valence-corrected chi connectivity index (χ2v) is 4.96. The molecule has 0 saturated heterocycles. The summed E-state index contributed by atoms with van der Waals surface area (Å²) in [4.78, 5) is 20.3. The molecule has 0 bridgehead atoms. The van der Waals surface area contributed by atoms with E-state index < -0.39 is 5.91 Å². The van der Waals surface area contributed by atoms with Crippen molar-refractivity contribution in [2.24, 2.45) is 5.73 Å². The molecule has 1 rings (SSSR count). The van der Waals surface area contributed by atoms with E-state index in [0.29, 0.717) is 17.1 Å². The lowest BCUT2D eigenvalue weighted by Gasteiger charge is -2.25. The number of anilines is 2. The van der Waals surface area contributed by atoms with Crippen LogP contribution in [0.3, 0.4) is 0 Å². The number of carbonyl (C=O) groups excluding carboxylic acids is 1. The Labute approximate surface area is 127 Å². The Hall–Kier alpha value is -1.82. The molecule has 0 aliphatic rings. The molecule has 1 amide bonds. The van der Waals surface area contributed by atoms with Crippen molar-refractivity contribution in [3.63, 3.8) is 0 Å². The average Bonchev–Trinajstić information content (AvgIpc) is 2.48. The summed E-state index contributed by atoms with van der Waals surface area (Å²) in [6.07, 6.45) is 2.58. The van der Waals surface area contributed by atoms with Gasteiger partial charge in [0.2, 0.25) is 0 Å². The third-order valence-electron chi connectivity index (χ3n) is 3.63. The van der Waals surface area contributed by atoms with Gasteiger partial charge in [0.15, 0.2) is 0 Å². The molecule has 1 heterocycles. The van der Waals surface area contributed by atoms with Gasteiger partial charge in [0.1, 0.15) is 5.82 Å². The number of aromatic nitrogens is 1. The van der Waals surface area contributed by atoms with Crippen LogP contribution in [0.15, 0.2) is 12.3 Å². The number of carbonyl (C=O) groups is 1. The first-order valence-electron chi connectivity index (χ1n) is 7.56. The van der Waals surface area contributed by atoms with E-state index in [9.17, 15) is 4.79 Å². The van der Waals surface area contributed by atoms with Crippen molar-refractivity contribution >= 4 is 17.4 Å². The molecule has 1 aromatic heterocycles. The van der Waals surface area contributed by atoms with Crippen molar-refractivity contribution in [1.82, 2.24) is 9.88 Å². The van der Waals surface area contributed by atoms with Gasteiger partial charge in [-0.25, -0.2) is 4.98 Å². The van der Waals surface area contributed by atoms with E-state index in [0.717, 1.165) is 39.1 Å². The van der Waals surface area contributed by atoms with Crippen LogP contribution in [0.4, 0.5) is 11.5 Å². The number of nitrogens with two attached hydrogens (primary N) is 2. The van der Waals surface area contributed by atoms with E-state index in [1.165, 1.54) is 0 Å². The van der Waals surface area contributed by atoms with Crippen molar-refractivity contribution in [3.8, 4) is 0 Å². The number of rotatable bonds is 9. The van der Waals surface area contributed by atoms with Gasteiger partial charge in [-0.15, -0.1) is 0 Å². The third-order valence-corrected chi connectivity index (χ3v) is 3.63. The van der Waals surface area contributed by atoms with Crippen molar-refractivity contribution in [3.05, 3.63) is 17.8 Å². The molecule has 6 heteroatoms. The zero-order chi connectivity index (χ0) is 15.8. The highest BCUT2D eigenvalue weighted by atomic mass is 16.1. The number of hydrogen-bond donors (Lipinski definition) is 2. The molecule has 118 valence electrons. The van der Waals surface area contributed by atoms with Crippen molar-refractivity contribution in [1.29, 1.82) is 0 Å². The van der Waals surface area contributed by atoms with Gasteiger partial charge in [-0.2, -0.15) is 0 Å². The Morgan fingerprint density at radius 1 is 1.19 bits per heavy atom. The van der Waals surface area contributed by atoms with Gasteiger partial charge in [0, 0.05) is 13.1 Å². The van der Waals surface area contributed by atoms with Crippen LogP contribution in [0.1, 0.15) is 37.6 Å². The van der Waals surface area contributed by atoms with Gasteiger partial charge in [-0.3, -0.25) is 4.79 Å². The molecule has 21 heavy (non-hydrogen) atoms. The first-order chi connectivity index (χ1) is 10.0. The number of amides is 1. The Bertz CT molecular complexity index is 459. The number of nitrogen functional groups attached to an aromatic ring is 1. The molecule has 0 aliphatic carbocycles. The maximum Gasteiger partial charge on any atom is 0.252 e. The van der Waals surface area contributed by atoms with E-state index in [2.05, 4.69) is 28.6 Å². The lowest BCUT2D eigenvalue weighted by molar-refractivity contribution is 0.100. The largest absolute Gasteiger partial charge is 0.397 e. The second-order valence-electron chi connectivity index (χ2n) is 4.96. The molecular weight excluding hydrogens is 266 g/mol. The third kappa shape index (κ3) is 4.90. The lowest BCUT2D eigenvalue weighted by atomic mass is 10.2. The van der Waals surface area contributed by atoms with E-state index in [4.69, 9.17) is 11.5 Å². The highest BCUT2D eigenvalue weighted by Gasteiger charge is 2.15. The summed E-state index contributed by atoms with van der Waals surface area (Å²) in [6.45, 7) is 11.1. The summed E-state index contributed by atoms with van der Waals surface area (Å²) in [5.74, 6) is 0.130. The minimum atomic E-state index is -0.494. The fraction of sp³-hybridized carbons (Fsp3) is 0.600. The lowest BCUT2D eigenvalue weighted by Crippen LogP contribution is -2.32. The number of nitrogens with zero attached hydrogens (tertiary/aromatic N) is 3. The van der Waals surface area contributed by atoms with Crippen LogP contribution in [-0.2, 0) is 0 Å². The van der Waals surface area contributed by atoms with E-state index >= 15 is 0 Å². The van der Waals surface area contributed by atoms with Gasteiger partial charge in [-0.05, 0) is 39.0 Å². The van der Waals surface area contributed by atoms with Crippen LogP contribution >= 0.6 is 0 Å². The summed E-state index contributed by atoms with van der Waals surface area (Å²) in [6, 6.07) is 1.59. The van der Waals surface area contributed by atoms with E-state index in [1.54, 1.807) is 12.3 Å². The summed E-state index contributed by atoms with van der Waals surface area (Å²) in [7, 11) is 0. The second kappa shape index (κ2) is 8.46. The standard InChI is InChI=1S/C15H27N5O/c1-4-19(5-2)8-7-9-20(6-3)15-13(14(17)21)10-12(16)11-18-15/h10-11H,4-9,16H2,1-3H3,(H2,17,21). The van der Waals surface area contributed by atoms with E-state index in [1.807, 2.05) is 6.92 Å². The number of primary amides is 1. The topological polar surface area (TPSA) is 88.5 Å². The minimum absolute atomic E-state index is 0.389. The molecule has 1 aromatic rings. The normalized spacial score (nSPS) is 10.9. The fourth-order valence-corrected chi connectivity index (χ4v) is 2.35. The molecule has 0 saturated carbocycles. The molecule has 4 N–H and O–H groups in total. The molecule has 0 aromatic carbocycles. The minimum Gasteiger partial charge on any atom is -0.397 e. The van der Waals surface area contributed by atoms with E-state index in [-0.39, 0.29) is 0 Å². The van der Waals surface area contributed by atoms with Crippen molar-refractivity contribution < 1.29 is 4.79 Å². The summed E-state index contributed by atoms with van der Waals surface area (Å²) in [5.41, 5.74) is 12.0. The first-order valence-corrected chi connectivity index (χ1v) is 7.56. The summed E-state index contributed by atoms with van der Waals surface area (Å²) >= 11 is 0. The van der Waals surface area contributed by atoms with Gasteiger partial charge < -0.3 is 21.3 Å². The van der Waals surface area contributed by atoms with Gasteiger partial charge in [0.25, 0.3) is 5.91 Å². The van der Waals surface area contributed by atoms with Gasteiger partial charge in [0.05, 0.1) is 17.4 Å². The summed E-state index contributed by atoms with van der Waals surface area (Å²) in [5, 5.41) is 0. The Kier molecular flexibility index (Phi) is 6.94. The van der Waals surface area contributed by atoms with Crippen LogP contribution in [0.5, 0.6) is 0 Å². The molecule has 0 radical (unpaired) electrons. The predicted octanol–water partition coefficient (Wildman–Crippen LogP) is 1.32. The SMILES string of the molecule is CCN(CC)CCCN(CC)c1ncc(N)cc1C(N)=O. The molecule has 0 aliphatic heterocycles. The monoisotopic (exact) mass is 293 g/mol. The Balaban J connectivity index is 2.78.